The van der Waals surface area contributed by atoms with Crippen molar-refractivity contribution >= 4 is 30.7 Å². The summed E-state index contributed by atoms with van der Waals surface area (Å²) in [4.78, 5) is 18.5. The molecule has 2 fully saturated rings. The highest BCUT2D eigenvalue weighted by molar-refractivity contribution is 5.97. The van der Waals surface area contributed by atoms with Gasteiger partial charge in [-0.05, 0) is 37.9 Å². The first kappa shape index (κ1) is 21.8. The number of alkyl halides is 3. The molecular weight excluding hydrogens is 382 g/mol. The van der Waals surface area contributed by atoms with Crippen molar-refractivity contribution in [2.24, 2.45) is 0 Å². The molecule has 1 amide bonds. The minimum Gasteiger partial charge on any atom is -0.467 e. The molecule has 10 heteroatoms. The second-order valence-corrected chi connectivity index (χ2v) is 5.85. The molecule has 0 aliphatic carbocycles. The molecule has 1 aromatic heterocycles. The largest absolute Gasteiger partial charge is 0.467 e. The molecule has 0 aromatic carbocycles. The zero-order chi connectivity index (χ0) is 16.4. The van der Waals surface area contributed by atoms with Crippen LogP contribution in [0.4, 0.5) is 13.2 Å². The van der Waals surface area contributed by atoms with E-state index in [1.54, 1.807) is 4.90 Å². The van der Waals surface area contributed by atoms with Gasteiger partial charge in [0, 0.05) is 24.8 Å². The van der Waals surface area contributed by atoms with Crippen molar-refractivity contribution in [3.63, 3.8) is 0 Å². The number of fused-ring (bicyclic) bond motifs is 2. The first-order chi connectivity index (χ1) is 11.0. The number of nitrogens with one attached hydrogen (secondary N) is 1. The fourth-order valence-corrected chi connectivity index (χ4v) is 3.27. The monoisotopic (exact) mass is 401 g/mol. The summed E-state index contributed by atoms with van der Waals surface area (Å²) in [5.74, 6) is -0.557. The Bertz CT molecular complexity index is 575. The van der Waals surface area contributed by atoms with Gasteiger partial charge in [-0.15, -0.1) is 24.8 Å². The fraction of sp³-hybridized carbons (Fsp3) is 0.600. The number of carbonyl (C=O) groups excluding carboxylic acids is 1. The van der Waals surface area contributed by atoms with E-state index in [1.807, 2.05) is 0 Å². The quantitative estimate of drug-likeness (QED) is 0.845. The van der Waals surface area contributed by atoms with E-state index in [1.165, 1.54) is 18.3 Å². The first-order valence-corrected chi connectivity index (χ1v) is 7.63. The molecular formula is C15H20Cl2F3N3O2. The molecule has 3 rings (SSSR count). The topological polar surface area (TPSA) is 54.5 Å². The summed E-state index contributed by atoms with van der Waals surface area (Å²) in [5.41, 5.74) is 0.0931. The fourth-order valence-electron chi connectivity index (χ4n) is 3.27. The molecule has 5 nitrogen and oxygen atoms in total. The molecule has 2 atom stereocenters. The third-order valence-electron chi connectivity index (χ3n) is 4.26. The Morgan fingerprint density at radius 3 is 2.72 bits per heavy atom. The second-order valence-electron chi connectivity index (χ2n) is 5.85. The standard InChI is InChI=1S/C15H18F3N3O2.2ClH/c16-15(17,18)9-23-13-12(2-1-6-20-13)14(22)21-10-3-4-11(21)8-19-7-5-10;;/h1-2,6,10-11,19H,3-5,7-9H2;2*1H. The number of carbonyl (C=O) groups is 1. The highest BCUT2D eigenvalue weighted by Gasteiger charge is 2.39. The van der Waals surface area contributed by atoms with E-state index in [9.17, 15) is 18.0 Å². The van der Waals surface area contributed by atoms with Crippen LogP contribution in [0.25, 0.3) is 0 Å². The van der Waals surface area contributed by atoms with Crippen molar-refractivity contribution in [1.82, 2.24) is 15.2 Å². The van der Waals surface area contributed by atoms with Crippen molar-refractivity contribution in [1.29, 1.82) is 0 Å². The first-order valence-electron chi connectivity index (χ1n) is 7.63. The number of ether oxygens (including phenoxy) is 1. The molecule has 0 saturated carbocycles. The van der Waals surface area contributed by atoms with Gasteiger partial charge in [-0.2, -0.15) is 13.2 Å². The third-order valence-corrected chi connectivity index (χ3v) is 4.26. The number of rotatable bonds is 3. The van der Waals surface area contributed by atoms with Crippen molar-refractivity contribution in [2.75, 3.05) is 19.7 Å². The Morgan fingerprint density at radius 2 is 2.00 bits per heavy atom. The minimum absolute atomic E-state index is 0. The maximum Gasteiger partial charge on any atom is 0.422 e. The zero-order valence-corrected chi connectivity index (χ0v) is 14.9. The molecule has 142 valence electrons. The normalized spacial score (nSPS) is 22.4. The van der Waals surface area contributed by atoms with Crippen LogP contribution in [-0.2, 0) is 0 Å². The minimum atomic E-state index is -4.47. The lowest BCUT2D eigenvalue weighted by atomic mass is 10.1. The van der Waals surface area contributed by atoms with Gasteiger partial charge in [-0.25, -0.2) is 4.98 Å². The van der Waals surface area contributed by atoms with Crippen LogP contribution >= 0.6 is 24.8 Å². The molecule has 2 aliphatic rings. The van der Waals surface area contributed by atoms with Gasteiger partial charge in [0.1, 0.15) is 5.56 Å². The Morgan fingerprint density at radius 1 is 1.28 bits per heavy atom. The summed E-state index contributed by atoms with van der Waals surface area (Å²) in [6, 6.07) is 3.20. The molecule has 3 heterocycles. The van der Waals surface area contributed by atoms with Crippen LogP contribution in [0.2, 0.25) is 0 Å². The van der Waals surface area contributed by atoms with Gasteiger partial charge in [0.25, 0.3) is 5.91 Å². The summed E-state index contributed by atoms with van der Waals surface area (Å²) in [5, 5.41) is 3.29. The van der Waals surface area contributed by atoms with Gasteiger partial charge < -0.3 is 15.0 Å². The van der Waals surface area contributed by atoms with Crippen LogP contribution in [0.5, 0.6) is 5.88 Å². The smallest absolute Gasteiger partial charge is 0.422 e. The Kier molecular flexibility index (Phi) is 7.77. The van der Waals surface area contributed by atoms with Gasteiger partial charge in [-0.3, -0.25) is 4.79 Å². The van der Waals surface area contributed by atoms with E-state index < -0.39 is 12.8 Å². The summed E-state index contributed by atoms with van der Waals surface area (Å²) >= 11 is 0. The molecule has 2 bridgehead atoms. The maximum atomic E-state index is 12.9. The van der Waals surface area contributed by atoms with E-state index in [0.29, 0.717) is 6.54 Å². The molecule has 2 aliphatic heterocycles. The van der Waals surface area contributed by atoms with Crippen LogP contribution in [-0.4, -0.2) is 53.7 Å². The van der Waals surface area contributed by atoms with Gasteiger partial charge in [-0.1, -0.05) is 0 Å². The average Bonchev–Trinajstić information content (AvgIpc) is 2.77. The summed E-state index contributed by atoms with van der Waals surface area (Å²) in [7, 11) is 0. The van der Waals surface area contributed by atoms with E-state index in [2.05, 4.69) is 10.3 Å². The van der Waals surface area contributed by atoms with Crippen molar-refractivity contribution in [3.8, 4) is 5.88 Å². The van der Waals surface area contributed by atoms with E-state index >= 15 is 0 Å². The highest BCUT2D eigenvalue weighted by Crippen LogP contribution is 2.31. The van der Waals surface area contributed by atoms with Crippen LogP contribution in [0.15, 0.2) is 18.3 Å². The molecule has 25 heavy (non-hydrogen) atoms. The second kappa shape index (κ2) is 8.91. The molecule has 0 radical (unpaired) electrons. The molecule has 1 N–H and O–H groups in total. The highest BCUT2D eigenvalue weighted by atomic mass is 35.5. The lowest BCUT2D eigenvalue weighted by molar-refractivity contribution is -0.154. The van der Waals surface area contributed by atoms with Gasteiger partial charge in [0.15, 0.2) is 6.61 Å². The Balaban J connectivity index is 0.00000156. The summed E-state index contributed by atoms with van der Waals surface area (Å²) < 4.78 is 41.8. The van der Waals surface area contributed by atoms with Gasteiger partial charge >= 0.3 is 6.18 Å². The van der Waals surface area contributed by atoms with Crippen LogP contribution in [0.1, 0.15) is 29.6 Å². The number of aromatic nitrogens is 1. The van der Waals surface area contributed by atoms with Crippen molar-refractivity contribution < 1.29 is 22.7 Å². The van der Waals surface area contributed by atoms with Crippen molar-refractivity contribution in [3.05, 3.63) is 23.9 Å². The number of nitrogens with zero attached hydrogens (tertiary/aromatic N) is 2. The van der Waals surface area contributed by atoms with Crippen LogP contribution < -0.4 is 10.1 Å². The third kappa shape index (κ3) is 5.12. The van der Waals surface area contributed by atoms with E-state index in [0.717, 1.165) is 25.8 Å². The maximum absolute atomic E-state index is 12.9. The summed E-state index contributed by atoms with van der Waals surface area (Å²) in [6.45, 7) is 0.0926. The predicted octanol–water partition coefficient (Wildman–Crippen LogP) is 2.83. The van der Waals surface area contributed by atoms with Gasteiger partial charge in [0.2, 0.25) is 5.88 Å². The Labute approximate surface area is 156 Å². The number of hydrogen-bond acceptors (Lipinski definition) is 4. The van der Waals surface area contributed by atoms with Crippen molar-refractivity contribution in [2.45, 2.75) is 37.5 Å². The predicted molar refractivity (Wildman–Crippen MR) is 90.7 cm³/mol. The van der Waals surface area contributed by atoms with Gasteiger partial charge in [0.05, 0.1) is 0 Å². The molecule has 0 spiro atoms. The lowest BCUT2D eigenvalue weighted by Gasteiger charge is -2.28. The number of halogens is 5. The molecule has 2 saturated heterocycles. The Hall–Kier alpha value is -1.25. The number of pyridine rings is 1. The average molecular weight is 402 g/mol. The number of hydrogen-bond donors (Lipinski definition) is 1. The molecule has 2 unspecified atom stereocenters. The summed E-state index contributed by atoms with van der Waals surface area (Å²) in [6.07, 6.45) is -0.467. The van der Waals surface area contributed by atoms with Crippen LogP contribution in [0.3, 0.4) is 0 Å². The van der Waals surface area contributed by atoms with Crippen LogP contribution in [0, 0.1) is 0 Å². The SMILES string of the molecule is Cl.Cl.O=C(c1cccnc1OCC(F)(F)F)N1C2CCNCC1CC2. The van der Waals surface area contributed by atoms with E-state index in [-0.39, 0.29) is 54.2 Å². The zero-order valence-electron chi connectivity index (χ0n) is 13.3. The lowest BCUT2D eigenvalue weighted by Crippen LogP contribution is -2.42. The number of amides is 1. The molecule has 1 aromatic rings. The van der Waals surface area contributed by atoms with E-state index in [4.69, 9.17) is 4.74 Å².